The Morgan fingerprint density at radius 2 is 1.90 bits per heavy atom. The number of esters is 1. The summed E-state index contributed by atoms with van der Waals surface area (Å²) < 4.78 is 16.0. The van der Waals surface area contributed by atoms with Crippen LogP contribution in [0.1, 0.15) is 21.5 Å². The predicted octanol–water partition coefficient (Wildman–Crippen LogP) is 4.21. The first-order chi connectivity index (χ1) is 15.1. The van der Waals surface area contributed by atoms with Crippen molar-refractivity contribution in [2.75, 3.05) is 17.9 Å². The predicted molar refractivity (Wildman–Crippen MR) is 116 cm³/mol. The van der Waals surface area contributed by atoms with Gasteiger partial charge in [0, 0.05) is 18.0 Å². The van der Waals surface area contributed by atoms with Crippen molar-refractivity contribution in [1.82, 2.24) is 4.98 Å². The summed E-state index contributed by atoms with van der Waals surface area (Å²) >= 11 is 1.17. The first kappa shape index (κ1) is 20.7. The molecule has 0 radical (unpaired) electrons. The highest BCUT2D eigenvalue weighted by atomic mass is 32.2. The minimum atomic E-state index is -0.479. The van der Waals surface area contributed by atoms with E-state index in [0.29, 0.717) is 27.8 Å². The van der Waals surface area contributed by atoms with Gasteiger partial charge < -0.3 is 19.5 Å². The van der Waals surface area contributed by atoms with Crippen LogP contribution in [0.3, 0.4) is 0 Å². The van der Waals surface area contributed by atoms with Gasteiger partial charge >= 0.3 is 5.97 Å². The molecule has 1 amide bonds. The number of fused-ring (bicyclic) bond motifs is 1. The molecule has 0 aliphatic carbocycles. The summed E-state index contributed by atoms with van der Waals surface area (Å²) in [4.78, 5) is 29.1. The van der Waals surface area contributed by atoms with Crippen LogP contribution in [0.25, 0.3) is 0 Å². The zero-order valence-electron chi connectivity index (χ0n) is 16.8. The lowest BCUT2D eigenvalue weighted by Crippen LogP contribution is -2.15. The van der Waals surface area contributed by atoms with Crippen molar-refractivity contribution in [2.24, 2.45) is 0 Å². The molecule has 1 aliphatic rings. The number of carbonyl (C=O) groups excluding carboxylic acids is 2. The third-order valence-electron chi connectivity index (χ3n) is 4.48. The van der Waals surface area contributed by atoms with E-state index in [0.717, 1.165) is 11.1 Å². The molecule has 1 aliphatic heterocycles. The molecule has 158 valence electrons. The standard InChI is InChI=1S/C23H20N2O5S/c1-15-4-6-16(7-5-15)12-28-23(27)18-3-2-10-24-22(18)31-13-21(26)25-17-8-9-19-20(11-17)30-14-29-19/h2-11H,12-14H2,1H3,(H,25,26). The number of ether oxygens (including phenoxy) is 3. The van der Waals surface area contributed by atoms with Gasteiger partial charge in [-0.25, -0.2) is 9.78 Å². The maximum Gasteiger partial charge on any atom is 0.341 e. The number of hydrogen-bond donors (Lipinski definition) is 1. The van der Waals surface area contributed by atoms with Crippen LogP contribution >= 0.6 is 11.8 Å². The Hall–Kier alpha value is -3.52. The number of thioether (sulfide) groups is 1. The molecule has 2 aromatic carbocycles. The van der Waals surface area contributed by atoms with E-state index in [2.05, 4.69) is 10.3 Å². The molecule has 31 heavy (non-hydrogen) atoms. The van der Waals surface area contributed by atoms with E-state index in [9.17, 15) is 9.59 Å². The van der Waals surface area contributed by atoms with Crippen LogP contribution < -0.4 is 14.8 Å². The van der Waals surface area contributed by atoms with Crippen LogP contribution in [0.4, 0.5) is 5.69 Å². The van der Waals surface area contributed by atoms with Gasteiger partial charge in [0.05, 0.1) is 11.3 Å². The van der Waals surface area contributed by atoms with Crippen LogP contribution in [0, 0.1) is 6.92 Å². The number of aryl methyl sites for hydroxylation is 1. The first-order valence-corrected chi connectivity index (χ1v) is 10.6. The van der Waals surface area contributed by atoms with Crippen LogP contribution in [-0.4, -0.2) is 29.4 Å². The molecule has 0 unspecified atom stereocenters. The Morgan fingerprint density at radius 1 is 1.10 bits per heavy atom. The molecule has 0 spiro atoms. The molecule has 0 atom stereocenters. The maximum atomic E-state index is 12.5. The highest BCUT2D eigenvalue weighted by Gasteiger charge is 2.17. The molecular formula is C23H20N2O5S. The minimum Gasteiger partial charge on any atom is -0.457 e. The van der Waals surface area contributed by atoms with Gasteiger partial charge in [-0.2, -0.15) is 0 Å². The number of hydrogen-bond acceptors (Lipinski definition) is 7. The molecule has 2 heterocycles. The van der Waals surface area contributed by atoms with Crippen LogP contribution in [0.5, 0.6) is 11.5 Å². The SMILES string of the molecule is Cc1ccc(COC(=O)c2cccnc2SCC(=O)Nc2ccc3c(c2)OCO3)cc1. The maximum absolute atomic E-state index is 12.5. The summed E-state index contributed by atoms with van der Waals surface area (Å²) in [7, 11) is 0. The average molecular weight is 436 g/mol. The van der Waals surface area contributed by atoms with Crippen molar-refractivity contribution in [1.29, 1.82) is 0 Å². The number of amides is 1. The molecule has 8 heteroatoms. The number of aromatic nitrogens is 1. The average Bonchev–Trinajstić information content (AvgIpc) is 3.25. The fourth-order valence-corrected chi connectivity index (χ4v) is 3.66. The molecule has 4 rings (SSSR count). The van der Waals surface area contributed by atoms with Gasteiger partial charge in [0.1, 0.15) is 11.6 Å². The van der Waals surface area contributed by atoms with E-state index < -0.39 is 5.97 Å². The van der Waals surface area contributed by atoms with E-state index in [1.165, 1.54) is 11.8 Å². The van der Waals surface area contributed by atoms with Crippen LogP contribution in [0.15, 0.2) is 65.8 Å². The molecule has 3 aromatic rings. The molecular weight excluding hydrogens is 416 g/mol. The summed E-state index contributed by atoms with van der Waals surface area (Å²) in [6.07, 6.45) is 1.58. The van der Waals surface area contributed by atoms with Crippen molar-refractivity contribution < 1.29 is 23.8 Å². The Morgan fingerprint density at radius 3 is 2.74 bits per heavy atom. The third kappa shape index (κ3) is 5.35. The Kier molecular flexibility index (Phi) is 6.37. The van der Waals surface area contributed by atoms with E-state index >= 15 is 0 Å². The van der Waals surface area contributed by atoms with Crippen LogP contribution in [0.2, 0.25) is 0 Å². The normalized spacial score (nSPS) is 11.8. The lowest BCUT2D eigenvalue weighted by Gasteiger charge is -2.09. The van der Waals surface area contributed by atoms with Gasteiger partial charge in [0.25, 0.3) is 0 Å². The highest BCUT2D eigenvalue weighted by molar-refractivity contribution is 8.00. The van der Waals surface area contributed by atoms with Crippen molar-refractivity contribution in [2.45, 2.75) is 18.6 Å². The minimum absolute atomic E-state index is 0.0870. The smallest absolute Gasteiger partial charge is 0.341 e. The van der Waals surface area contributed by atoms with Gasteiger partial charge in [0.2, 0.25) is 12.7 Å². The summed E-state index contributed by atoms with van der Waals surface area (Å²) in [6, 6.07) is 16.3. The number of anilines is 1. The summed E-state index contributed by atoms with van der Waals surface area (Å²) in [5.74, 6) is 0.619. The molecule has 0 fully saturated rings. The van der Waals surface area contributed by atoms with Crippen molar-refractivity contribution in [3.8, 4) is 11.5 Å². The number of rotatable bonds is 7. The van der Waals surface area contributed by atoms with Gasteiger partial charge in [-0.3, -0.25) is 4.79 Å². The number of pyridine rings is 1. The third-order valence-corrected chi connectivity index (χ3v) is 5.48. The molecule has 1 N–H and O–H groups in total. The molecule has 0 bridgehead atoms. The molecule has 1 aromatic heterocycles. The summed E-state index contributed by atoms with van der Waals surface area (Å²) in [5.41, 5.74) is 2.98. The first-order valence-electron chi connectivity index (χ1n) is 9.58. The second-order valence-electron chi connectivity index (χ2n) is 6.82. The molecule has 0 saturated heterocycles. The molecule has 0 saturated carbocycles. The van der Waals surface area contributed by atoms with Gasteiger partial charge in [-0.15, -0.1) is 0 Å². The zero-order chi connectivity index (χ0) is 21.6. The number of nitrogens with one attached hydrogen (secondary N) is 1. The highest BCUT2D eigenvalue weighted by Crippen LogP contribution is 2.34. The topological polar surface area (TPSA) is 86.8 Å². The largest absolute Gasteiger partial charge is 0.457 e. The van der Waals surface area contributed by atoms with Gasteiger partial charge in [-0.05, 0) is 36.8 Å². The zero-order valence-corrected chi connectivity index (χ0v) is 17.6. The Labute approximate surface area is 183 Å². The fraction of sp³-hybridized carbons (Fsp3) is 0.174. The lowest BCUT2D eigenvalue weighted by molar-refractivity contribution is -0.113. The quantitative estimate of drug-likeness (QED) is 0.439. The van der Waals surface area contributed by atoms with E-state index in [1.54, 1.807) is 36.5 Å². The summed E-state index contributed by atoms with van der Waals surface area (Å²) in [6.45, 7) is 2.34. The number of carbonyl (C=O) groups is 2. The van der Waals surface area contributed by atoms with E-state index in [-0.39, 0.29) is 25.1 Å². The van der Waals surface area contributed by atoms with Crippen molar-refractivity contribution >= 4 is 29.3 Å². The van der Waals surface area contributed by atoms with Gasteiger partial charge in [0.15, 0.2) is 11.5 Å². The second kappa shape index (κ2) is 9.53. The Balaban J connectivity index is 1.34. The Bertz CT molecular complexity index is 1100. The lowest BCUT2D eigenvalue weighted by atomic mass is 10.2. The fourth-order valence-electron chi connectivity index (χ4n) is 2.88. The van der Waals surface area contributed by atoms with Crippen molar-refractivity contribution in [3.63, 3.8) is 0 Å². The number of nitrogens with zero attached hydrogens (tertiary/aromatic N) is 1. The van der Waals surface area contributed by atoms with Gasteiger partial charge in [-0.1, -0.05) is 41.6 Å². The second-order valence-corrected chi connectivity index (χ2v) is 7.79. The van der Waals surface area contributed by atoms with E-state index in [4.69, 9.17) is 14.2 Å². The van der Waals surface area contributed by atoms with Crippen molar-refractivity contribution in [3.05, 3.63) is 77.5 Å². The molecule has 7 nitrogen and oxygen atoms in total. The monoisotopic (exact) mass is 436 g/mol. The van der Waals surface area contributed by atoms with E-state index in [1.807, 2.05) is 31.2 Å². The summed E-state index contributed by atoms with van der Waals surface area (Å²) in [5, 5.41) is 3.24. The number of benzene rings is 2. The van der Waals surface area contributed by atoms with Crippen LogP contribution in [-0.2, 0) is 16.1 Å².